The molecule has 1 aliphatic rings. The van der Waals surface area contributed by atoms with Crippen molar-refractivity contribution in [2.45, 2.75) is 53.2 Å². The van der Waals surface area contributed by atoms with E-state index in [1.54, 1.807) is 0 Å². The third kappa shape index (κ3) is 3.93. The van der Waals surface area contributed by atoms with Crippen LogP contribution < -0.4 is 5.32 Å². The average molecular weight is 269 g/mol. The Morgan fingerprint density at radius 2 is 1.95 bits per heavy atom. The number of likely N-dealkylation sites (N-methyl/N-ethyl adjacent to an activating group) is 1. The number of carbonyl (C=O) groups excluding carboxylic acids is 1. The Kier molecular flexibility index (Phi) is 6.27. The first kappa shape index (κ1) is 16.4. The van der Waals surface area contributed by atoms with Crippen molar-refractivity contribution >= 4 is 5.91 Å². The highest BCUT2D eigenvalue weighted by atomic mass is 16.2. The first-order chi connectivity index (χ1) is 8.92. The van der Waals surface area contributed by atoms with E-state index in [1.165, 1.54) is 0 Å². The molecule has 0 aliphatic carbocycles. The monoisotopic (exact) mass is 269 g/mol. The molecular formula is C15H31N3O. The van der Waals surface area contributed by atoms with E-state index in [1.807, 2.05) is 4.90 Å². The number of nitrogens with zero attached hydrogens (tertiary/aromatic N) is 2. The summed E-state index contributed by atoms with van der Waals surface area (Å²) in [5, 5.41) is 3.54. The molecule has 1 N–H and O–H groups in total. The van der Waals surface area contributed by atoms with Crippen molar-refractivity contribution in [2.24, 2.45) is 11.8 Å². The molecule has 1 saturated heterocycles. The van der Waals surface area contributed by atoms with E-state index in [0.29, 0.717) is 11.8 Å². The highest BCUT2D eigenvalue weighted by molar-refractivity contribution is 5.84. The summed E-state index contributed by atoms with van der Waals surface area (Å²) in [5.41, 5.74) is 0. The summed E-state index contributed by atoms with van der Waals surface area (Å²) in [4.78, 5) is 16.9. The smallest absolute Gasteiger partial charge is 0.241 e. The van der Waals surface area contributed by atoms with E-state index in [4.69, 9.17) is 0 Å². The molecule has 3 unspecified atom stereocenters. The summed E-state index contributed by atoms with van der Waals surface area (Å²) in [7, 11) is 2.10. The summed E-state index contributed by atoms with van der Waals surface area (Å²) in [5.74, 6) is 1.14. The van der Waals surface area contributed by atoms with E-state index in [0.717, 1.165) is 26.1 Å². The molecule has 0 bridgehead atoms. The normalized spacial score (nSPS) is 25.7. The van der Waals surface area contributed by atoms with E-state index in [-0.39, 0.29) is 18.1 Å². The zero-order valence-corrected chi connectivity index (χ0v) is 13.4. The van der Waals surface area contributed by atoms with Crippen molar-refractivity contribution in [1.29, 1.82) is 0 Å². The minimum Gasteiger partial charge on any atom is -0.324 e. The van der Waals surface area contributed by atoms with E-state index < -0.39 is 0 Å². The van der Waals surface area contributed by atoms with Crippen LogP contribution in [0.3, 0.4) is 0 Å². The predicted molar refractivity (Wildman–Crippen MR) is 79.9 cm³/mol. The number of carbonyl (C=O) groups is 1. The maximum Gasteiger partial charge on any atom is 0.241 e. The lowest BCUT2D eigenvalue weighted by Crippen LogP contribution is -2.44. The molecule has 3 atom stereocenters. The lowest BCUT2D eigenvalue weighted by Gasteiger charge is -2.28. The van der Waals surface area contributed by atoms with Crippen molar-refractivity contribution in [3.05, 3.63) is 0 Å². The molecule has 0 aromatic rings. The lowest BCUT2D eigenvalue weighted by atomic mass is 9.99. The van der Waals surface area contributed by atoms with Gasteiger partial charge in [-0.3, -0.25) is 10.1 Å². The summed E-state index contributed by atoms with van der Waals surface area (Å²) in [6, 6.07) is 0.00401. The highest BCUT2D eigenvalue weighted by Gasteiger charge is 2.41. The van der Waals surface area contributed by atoms with Crippen molar-refractivity contribution < 1.29 is 4.79 Å². The van der Waals surface area contributed by atoms with Crippen LogP contribution in [0, 0.1) is 11.8 Å². The van der Waals surface area contributed by atoms with Crippen LogP contribution in [0.2, 0.25) is 0 Å². The Morgan fingerprint density at radius 3 is 2.42 bits per heavy atom. The van der Waals surface area contributed by atoms with E-state index >= 15 is 0 Å². The fourth-order valence-corrected chi connectivity index (χ4v) is 2.54. The van der Waals surface area contributed by atoms with Gasteiger partial charge in [-0.15, -0.1) is 0 Å². The molecule has 1 amide bonds. The van der Waals surface area contributed by atoms with Crippen LogP contribution in [0.1, 0.15) is 41.0 Å². The third-order valence-corrected chi connectivity index (χ3v) is 4.34. The van der Waals surface area contributed by atoms with Gasteiger partial charge in [0.2, 0.25) is 5.91 Å². The minimum atomic E-state index is 0.00401. The Hall–Kier alpha value is -0.610. The number of amides is 1. The highest BCUT2D eigenvalue weighted by Crippen LogP contribution is 2.23. The molecule has 0 spiro atoms. The second kappa shape index (κ2) is 7.25. The maximum atomic E-state index is 12.6. The fourth-order valence-electron chi connectivity index (χ4n) is 2.54. The molecule has 0 saturated carbocycles. The average Bonchev–Trinajstić information content (AvgIpc) is 2.72. The molecule has 19 heavy (non-hydrogen) atoms. The molecule has 4 heteroatoms. The van der Waals surface area contributed by atoms with Crippen molar-refractivity contribution in [3.63, 3.8) is 0 Å². The molecule has 112 valence electrons. The number of hydrogen-bond acceptors (Lipinski definition) is 3. The van der Waals surface area contributed by atoms with Gasteiger partial charge in [-0.1, -0.05) is 41.0 Å². The van der Waals surface area contributed by atoms with Gasteiger partial charge in [-0.2, -0.15) is 0 Å². The number of nitrogens with one attached hydrogen (secondary N) is 1. The van der Waals surface area contributed by atoms with Crippen molar-refractivity contribution in [1.82, 2.24) is 15.1 Å². The quantitative estimate of drug-likeness (QED) is 0.765. The van der Waals surface area contributed by atoms with Crippen LogP contribution in [-0.4, -0.2) is 54.6 Å². The zero-order valence-electron chi connectivity index (χ0n) is 13.4. The third-order valence-electron chi connectivity index (χ3n) is 4.34. The van der Waals surface area contributed by atoms with Gasteiger partial charge in [0.05, 0.1) is 12.2 Å². The predicted octanol–water partition coefficient (Wildman–Crippen LogP) is 1.77. The van der Waals surface area contributed by atoms with Gasteiger partial charge in [-0.25, -0.2) is 0 Å². The van der Waals surface area contributed by atoms with Crippen molar-refractivity contribution in [2.75, 3.05) is 26.7 Å². The first-order valence-corrected chi connectivity index (χ1v) is 7.67. The maximum absolute atomic E-state index is 12.6. The van der Waals surface area contributed by atoms with Crippen LogP contribution in [-0.2, 0) is 4.79 Å². The summed E-state index contributed by atoms with van der Waals surface area (Å²) in [6.07, 6.45) is 1.23. The standard InChI is InChI=1S/C15H31N3O/c1-7-12(5)13-15(19)18(10-9-17(6)8-2)14(16-13)11(3)4/h11-14,16H,7-10H2,1-6H3. The number of hydrogen-bond donors (Lipinski definition) is 1. The zero-order chi connectivity index (χ0) is 14.6. The molecule has 0 aromatic heterocycles. The topological polar surface area (TPSA) is 35.6 Å². The van der Waals surface area contributed by atoms with Crippen LogP contribution in [0.15, 0.2) is 0 Å². The summed E-state index contributed by atoms with van der Waals surface area (Å²) >= 11 is 0. The molecular weight excluding hydrogens is 238 g/mol. The van der Waals surface area contributed by atoms with Gasteiger partial charge in [0.15, 0.2) is 0 Å². The van der Waals surface area contributed by atoms with Gasteiger partial charge < -0.3 is 9.80 Å². The summed E-state index contributed by atoms with van der Waals surface area (Å²) in [6.45, 7) is 13.6. The molecule has 0 radical (unpaired) electrons. The molecule has 1 heterocycles. The van der Waals surface area contributed by atoms with E-state index in [2.05, 4.69) is 51.9 Å². The Balaban J connectivity index is 2.72. The van der Waals surface area contributed by atoms with Gasteiger partial charge in [0.1, 0.15) is 0 Å². The van der Waals surface area contributed by atoms with Gasteiger partial charge in [-0.05, 0) is 25.4 Å². The van der Waals surface area contributed by atoms with Crippen LogP contribution in [0.5, 0.6) is 0 Å². The SMILES string of the molecule is CCC(C)C1NC(C(C)C)N(CCN(C)CC)C1=O. The fraction of sp³-hybridized carbons (Fsp3) is 0.933. The Bertz CT molecular complexity index is 293. The van der Waals surface area contributed by atoms with Gasteiger partial charge in [0, 0.05) is 13.1 Å². The van der Waals surface area contributed by atoms with E-state index in [9.17, 15) is 4.79 Å². The van der Waals surface area contributed by atoms with Gasteiger partial charge in [0.25, 0.3) is 0 Å². The first-order valence-electron chi connectivity index (χ1n) is 7.67. The molecule has 4 nitrogen and oxygen atoms in total. The van der Waals surface area contributed by atoms with Gasteiger partial charge >= 0.3 is 0 Å². The van der Waals surface area contributed by atoms with Crippen LogP contribution in [0.4, 0.5) is 0 Å². The molecule has 1 fully saturated rings. The minimum absolute atomic E-state index is 0.00401. The largest absolute Gasteiger partial charge is 0.324 e. The Morgan fingerprint density at radius 1 is 1.32 bits per heavy atom. The molecule has 1 rings (SSSR count). The lowest BCUT2D eigenvalue weighted by molar-refractivity contribution is -0.131. The second-order valence-corrected chi connectivity index (χ2v) is 6.15. The Labute approximate surface area is 118 Å². The second-order valence-electron chi connectivity index (χ2n) is 6.15. The van der Waals surface area contributed by atoms with Crippen molar-refractivity contribution in [3.8, 4) is 0 Å². The summed E-state index contributed by atoms with van der Waals surface area (Å²) < 4.78 is 0. The molecule has 1 aliphatic heterocycles. The molecule has 0 aromatic carbocycles. The van der Waals surface area contributed by atoms with Crippen LogP contribution in [0.25, 0.3) is 0 Å². The van der Waals surface area contributed by atoms with Crippen LogP contribution >= 0.6 is 0 Å². The number of rotatable bonds is 7.